The smallest absolute Gasteiger partial charge is 0.266 e. The number of benzene rings is 4. The third-order valence-electron chi connectivity index (χ3n) is 5.90. The van der Waals surface area contributed by atoms with Crippen LogP contribution in [-0.4, -0.2) is 5.91 Å². The van der Waals surface area contributed by atoms with Crippen LogP contribution in [0.2, 0.25) is 0 Å². The van der Waals surface area contributed by atoms with Crippen LogP contribution in [0.25, 0.3) is 16.8 Å². The fraction of sp³-hybridized carbons (Fsp3) is 0.161. The van der Waals surface area contributed by atoms with Crippen LogP contribution in [-0.2, 0) is 11.4 Å². The maximum atomic E-state index is 13.1. The molecule has 0 spiro atoms. The fourth-order valence-electron chi connectivity index (χ4n) is 4.22. The van der Waals surface area contributed by atoms with Crippen molar-refractivity contribution < 1.29 is 9.53 Å². The van der Waals surface area contributed by atoms with Crippen molar-refractivity contribution in [2.75, 3.05) is 5.32 Å². The van der Waals surface area contributed by atoms with Gasteiger partial charge in [-0.3, -0.25) is 4.79 Å². The van der Waals surface area contributed by atoms with Gasteiger partial charge in [0.25, 0.3) is 5.91 Å². The predicted octanol–water partition coefficient (Wildman–Crippen LogP) is 7.20. The molecule has 4 aromatic rings. The van der Waals surface area contributed by atoms with E-state index in [9.17, 15) is 10.1 Å². The molecule has 0 fully saturated rings. The second-order valence-corrected chi connectivity index (χ2v) is 8.93. The number of hydrogen-bond acceptors (Lipinski definition) is 3. The summed E-state index contributed by atoms with van der Waals surface area (Å²) in [5.41, 5.74) is 6.81. The summed E-state index contributed by atoms with van der Waals surface area (Å²) in [6.45, 7) is 8.40. The van der Waals surface area contributed by atoms with Crippen molar-refractivity contribution in [2.45, 2.75) is 34.3 Å². The highest BCUT2D eigenvalue weighted by Crippen LogP contribution is 2.31. The number of anilines is 1. The summed E-state index contributed by atoms with van der Waals surface area (Å²) >= 11 is 0. The van der Waals surface area contributed by atoms with Crippen molar-refractivity contribution in [3.8, 4) is 11.8 Å². The van der Waals surface area contributed by atoms with Gasteiger partial charge in [-0.1, -0.05) is 71.8 Å². The molecule has 0 aliphatic rings. The van der Waals surface area contributed by atoms with E-state index in [4.69, 9.17) is 4.74 Å². The van der Waals surface area contributed by atoms with Crippen LogP contribution in [0, 0.1) is 39.0 Å². The Hall–Kier alpha value is -4.36. The first kappa shape index (κ1) is 23.8. The lowest BCUT2D eigenvalue weighted by atomic mass is 10.0. The van der Waals surface area contributed by atoms with Gasteiger partial charge in [0.05, 0.1) is 0 Å². The van der Waals surface area contributed by atoms with Crippen LogP contribution >= 0.6 is 0 Å². The lowest BCUT2D eigenvalue weighted by molar-refractivity contribution is -0.112. The average molecular weight is 461 g/mol. The maximum Gasteiger partial charge on any atom is 0.266 e. The fourth-order valence-corrected chi connectivity index (χ4v) is 4.22. The first-order valence-corrected chi connectivity index (χ1v) is 11.6. The van der Waals surface area contributed by atoms with E-state index in [2.05, 4.69) is 43.4 Å². The molecule has 0 aromatic heterocycles. The number of nitrogens with one attached hydrogen (secondary N) is 1. The summed E-state index contributed by atoms with van der Waals surface area (Å²) in [6.07, 6.45) is 1.62. The standard InChI is InChI=1S/C31H28N2O2/c1-20-9-10-23(4)29(16-20)33-31(34)26(18-32)17-28-27-8-6-5-7-25(27)11-12-30(28)35-19-24-14-21(2)13-22(3)15-24/h5-17H,19H2,1-4H3,(H,33,34)/b26-17+. The highest BCUT2D eigenvalue weighted by atomic mass is 16.5. The number of nitrogens with zero attached hydrogens (tertiary/aromatic N) is 1. The number of carbonyl (C=O) groups excluding carboxylic acids is 1. The van der Waals surface area contributed by atoms with Gasteiger partial charge in [0, 0.05) is 11.3 Å². The average Bonchev–Trinajstić information content (AvgIpc) is 2.83. The van der Waals surface area contributed by atoms with Crippen molar-refractivity contribution in [3.63, 3.8) is 0 Å². The van der Waals surface area contributed by atoms with Gasteiger partial charge in [-0.15, -0.1) is 0 Å². The van der Waals surface area contributed by atoms with Gasteiger partial charge in [0.2, 0.25) is 0 Å². The minimum absolute atomic E-state index is 0.0125. The Bertz CT molecular complexity index is 1470. The molecule has 0 heterocycles. The summed E-state index contributed by atoms with van der Waals surface area (Å²) in [4.78, 5) is 13.1. The molecule has 1 amide bonds. The third-order valence-corrected chi connectivity index (χ3v) is 5.90. The SMILES string of the molecule is Cc1cc(C)cc(COc2ccc3ccccc3c2/C=C(\C#N)C(=O)Nc2cc(C)ccc2C)c1. The number of rotatable bonds is 6. The molecule has 0 saturated heterocycles. The lowest BCUT2D eigenvalue weighted by Gasteiger charge is -2.14. The van der Waals surface area contributed by atoms with Crippen molar-refractivity contribution >= 4 is 28.4 Å². The number of nitriles is 1. The van der Waals surface area contributed by atoms with Crippen LogP contribution < -0.4 is 10.1 Å². The van der Waals surface area contributed by atoms with E-state index in [1.807, 2.05) is 68.4 Å². The summed E-state index contributed by atoms with van der Waals surface area (Å²) < 4.78 is 6.23. The quantitative estimate of drug-likeness (QED) is 0.244. The summed E-state index contributed by atoms with van der Waals surface area (Å²) in [6, 6.07) is 26.0. The Labute approximate surface area is 206 Å². The molecule has 4 rings (SSSR count). The summed E-state index contributed by atoms with van der Waals surface area (Å²) in [7, 11) is 0. The van der Waals surface area contributed by atoms with Crippen molar-refractivity contribution in [3.05, 3.63) is 112 Å². The van der Waals surface area contributed by atoms with E-state index in [1.54, 1.807) is 6.08 Å². The van der Waals surface area contributed by atoms with E-state index in [1.165, 1.54) is 11.1 Å². The Morgan fingerprint density at radius 3 is 2.40 bits per heavy atom. The van der Waals surface area contributed by atoms with E-state index >= 15 is 0 Å². The third kappa shape index (κ3) is 5.59. The number of amides is 1. The van der Waals surface area contributed by atoms with Gasteiger partial charge in [0.1, 0.15) is 24.0 Å². The van der Waals surface area contributed by atoms with E-state index < -0.39 is 5.91 Å². The maximum absolute atomic E-state index is 13.1. The Kier molecular flexibility index (Phi) is 6.98. The zero-order chi connectivity index (χ0) is 24.9. The molecule has 0 radical (unpaired) electrons. The van der Waals surface area contributed by atoms with E-state index in [-0.39, 0.29) is 5.57 Å². The molecule has 4 heteroatoms. The number of aryl methyl sites for hydroxylation is 4. The molecule has 35 heavy (non-hydrogen) atoms. The molecule has 4 nitrogen and oxygen atoms in total. The number of hydrogen-bond donors (Lipinski definition) is 1. The largest absolute Gasteiger partial charge is 0.488 e. The van der Waals surface area contributed by atoms with Crippen LogP contribution in [0.4, 0.5) is 5.69 Å². The zero-order valence-corrected chi connectivity index (χ0v) is 20.5. The van der Waals surface area contributed by atoms with Crippen LogP contribution in [0.15, 0.2) is 78.4 Å². The summed E-state index contributed by atoms with van der Waals surface area (Å²) in [5, 5.41) is 14.7. The molecular weight excluding hydrogens is 432 g/mol. The Morgan fingerprint density at radius 2 is 1.66 bits per heavy atom. The van der Waals surface area contributed by atoms with Crippen LogP contribution in [0.5, 0.6) is 5.75 Å². The molecule has 0 saturated carbocycles. The molecule has 0 aliphatic heterocycles. The normalized spacial score (nSPS) is 11.2. The Morgan fingerprint density at radius 1 is 0.914 bits per heavy atom. The molecule has 0 bridgehead atoms. The first-order chi connectivity index (χ1) is 16.8. The van der Waals surface area contributed by atoms with Gasteiger partial charge in [0.15, 0.2) is 0 Å². The van der Waals surface area contributed by atoms with E-state index in [0.29, 0.717) is 23.6 Å². The van der Waals surface area contributed by atoms with Gasteiger partial charge < -0.3 is 10.1 Å². The minimum Gasteiger partial charge on any atom is -0.488 e. The van der Waals surface area contributed by atoms with Crippen molar-refractivity contribution in [1.82, 2.24) is 0 Å². The first-order valence-electron chi connectivity index (χ1n) is 11.6. The van der Waals surface area contributed by atoms with Gasteiger partial charge in [-0.05, 0) is 73.4 Å². The highest BCUT2D eigenvalue weighted by Gasteiger charge is 2.15. The van der Waals surface area contributed by atoms with Crippen LogP contribution in [0.1, 0.15) is 33.4 Å². The second-order valence-electron chi connectivity index (χ2n) is 8.93. The molecule has 4 aromatic carbocycles. The molecule has 0 unspecified atom stereocenters. The number of fused-ring (bicyclic) bond motifs is 1. The van der Waals surface area contributed by atoms with Crippen LogP contribution in [0.3, 0.4) is 0 Å². The van der Waals surface area contributed by atoms with Gasteiger partial charge in [-0.25, -0.2) is 0 Å². The molecule has 0 atom stereocenters. The van der Waals surface area contributed by atoms with Gasteiger partial charge >= 0.3 is 0 Å². The number of carbonyl (C=O) groups is 1. The molecule has 174 valence electrons. The zero-order valence-electron chi connectivity index (χ0n) is 20.5. The number of ether oxygens (including phenoxy) is 1. The molecule has 0 aliphatic carbocycles. The summed E-state index contributed by atoms with van der Waals surface area (Å²) in [5.74, 6) is 0.171. The topological polar surface area (TPSA) is 62.1 Å². The highest BCUT2D eigenvalue weighted by molar-refractivity contribution is 6.11. The minimum atomic E-state index is -0.450. The van der Waals surface area contributed by atoms with Gasteiger partial charge in [-0.2, -0.15) is 5.26 Å². The Balaban J connectivity index is 1.72. The predicted molar refractivity (Wildman–Crippen MR) is 142 cm³/mol. The van der Waals surface area contributed by atoms with E-state index in [0.717, 1.165) is 27.5 Å². The monoisotopic (exact) mass is 460 g/mol. The van der Waals surface area contributed by atoms with Crippen molar-refractivity contribution in [2.24, 2.45) is 0 Å². The van der Waals surface area contributed by atoms with Crippen molar-refractivity contribution in [1.29, 1.82) is 5.26 Å². The second kappa shape index (κ2) is 10.3. The molecular formula is C31H28N2O2. The lowest BCUT2D eigenvalue weighted by Crippen LogP contribution is -2.14. The molecule has 1 N–H and O–H groups in total.